The molecular weight excluding hydrogens is 309 g/mol. The molecule has 1 heterocycles. The zero-order chi connectivity index (χ0) is 16.3. The van der Waals surface area contributed by atoms with E-state index in [0.29, 0.717) is 10.6 Å². The molecule has 2 rings (SSSR count). The van der Waals surface area contributed by atoms with E-state index < -0.39 is 11.7 Å². The molecule has 1 aromatic carbocycles. The highest BCUT2D eigenvalue weighted by Crippen LogP contribution is 2.37. The van der Waals surface area contributed by atoms with Gasteiger partial charge in [-0.1, -0.05) is 19.1 Å². The summed E-state index contributed by atoms with van der Waals surface area (Å²) in [6, 6.07) is 3.86. The third-order valence-corrected chi connectivity index (χ3v) is 4.16. The van der Waals surface area contributed by atoms with Gasteiger partial charge in [-0.25, -0.2) is 4.98 Å². The highest BCUT2D eigenvalue weighted by atomic mass is 32.2. The first kappa shape index (κ1) is 16.7. The van der Waals surface area contributed by atoms with Crippen molar-refractivity contribution in [2.75, 3.05) is 5.75 Å². The second-order valence-electron chi connectivity index (χ2n) is 4.70. The molecule has 0 saturated heterocycles. The summed E-state index contributed by atoms with van der Waals surface area (Å²) in [5.41, 5.74) is 0.950. The Morgan fingerprint density at radius 1 is 1.32 bits per heavy atom. The molecule has 0 amide bonds. The first-order chi connectivity index (χ1) is 10.4. The maximum absolute atomic E-state index is 12.9. The molecule has 2 aromatic rings. The van der Waals surface area contributed by atoms with Gasteiger partial charge in [0, 0.05) is 17.5 Å². The lowest BCUT2D eigenvalue weighted by Gasteiger charge is -2.13. The van der Waals surface area contributed by atoms with Gasteiger partial charge in [0.05, 0.1) is 17.5 Å². The molecule has 2 nitrogen and oxygen atoms in total. The smallest absolute Gasteiger partial charge is 0.328 e. The van der Waals surface area contributed by atoms with Gasteiger partial charge >= 0.3 is 6.18 Å². The SMILES string of the molecule is C/C=C/c1ncc(-c2ccc(C(F)(F)F)cc2SCC)n1C. The predicted molar refractivity (Wildman–Crippen MR) is 84.8 cm³/mol. The zero-order valence-corrected chi connectivity index (χ0v) is 13.4. The third kappa shape index (κ3) is 3.38. The van der Waals surface area contributed by atoms with Crippen LogP contribution >= 0.6 is 11.8 Å². The van der Waals surface area contributed by atoms with E-state index in [9.17, 15) is 13.2 Å². The third-order valence-electron chi connectivity index (χ3n) is 3.22. The molecule has 0 saturated carbocycles. The Morgan fingerprint density at radius 2 is 2.05 bits per heavy atom. The Kier molecular flexibility index (Phi) is 5.01. The summed E-state index contributed by atoms with van der Waals surface area (Å²) in [7, 11) is 1.86. The van der Waals surface area contributed by atoms with E-state index in [2.05, 4.69) is 4.98 Å². The van der Waals surface area contributed by atoms with E-state index in [1.165, 1.54) is 23.9 Å². The number of nitrogens with zero attached hydrogens (tertiary/aromatic N) is 2. The fourth-order valence-electron chi connectivity index (χ4n) is 2.16. The Balaban J connectivity index is 2.55. The minimum Gasteiger partial charge on any atom is -0.328 e. The number of benzene rings is 1. The lowest BCUT2D eigenvalue weighted by atomic mass is 10.1. The molecule has 0 atom stereocenters. The van der Waals surface area contributed by atoms with Crippen molar-refractivity contribution in [3.05, 3.63) is 41.9 Å². The summed E-state index contributed by atoms with van der Waals surface area (Å²) < 4.78 is 40.5. The van der Waals surface area contributed by atoms with Gasteiger partial charge in [-0.05, 0) is 30.9 Å². The molecule has 0 spiro atoms. The lowest BCUT2D eigenvalue weighted by Crippen LogP contribution is -2.05. The minimum atomic E-state index is -4.33. The van der Waals surface area contributed by atoms with Gasteiger partial charge in [0.15, 0.2) is 0 Å². The summed E-state index contributed by atoms with van der Waals surface area (Å²) in [6.07, 6.45) is 1.10. The van der Waals surface area contributed by atoms with Crippen LogP contribution in [0.15, 0.2) is 35.4 Å². The Hall–Kier alpha value is -1.69. The highest BCUT2D eigenvalue weighted by molar-refractivity contribution is 7.99. The number of thioether (sulfide) groups is 1. The van der Waals surface area contributed by atoms with Gasteiger partial charge in [-0.3, -0.25) is 0 Å². The van der Waals surface area contributed by atoms with Crippen molar-refractivity contribution in [3.8, 4) is 11.3 Å². The average Bonchev–Trinajstić information content (AvgIpc) is 2.80. The van der Waals surface area contributed by atoms with Crippen LogP contribution in [-0.2, 0) is 13.2 Å². The van der Waals surface area contributed by atoms with Gasteiger partial charge < -0.3 is 4.57 Å². The number of rotatable bonds is 4. The molecular formula is C16H17F3N2S. The van der Waals surface area contributed by atoms with Crippen molar-refractivity contribution in [1.29, 1.82) is 0 Å². The van der Waals surface area contributed by atoms with Crippen molar-refractivity contribution in [2.24, 2.45) is 7.05 Å². The molecule has 0 unspecified atom stereocenters. The van der Waals surface area contributed by atoms with E-state index in [-0.39, 0.29) is 0 Å². The molecule has 0 fully saturated rings. The molecule has 22 heavy (non-hydrogen) atoms. The van der Waals surface area contributed by atoms with E-state index in [4.69, 9.17) is 0 Å². The average molecular weight is 326 g/mol. The molecule has 0 radical (unpaired) electrons. The number of hydrogen-bond donors (Lipinski definition) is 0. The Morgan fingerprint density at radius 3 is 2.64 bits per heavy atom. The zero-order valence-electron chi connectivity index (χ0n) is 12.6. The molecule has 0 bridgehead atoms. The van der Waals surface area contributed by atoms with Crippen LogP contribution in [0.4, 0.5) is 13.2 Å². The number of imidazole rings is 1. The van der Waals surface area contributed by atoms with Crippen LogP contribution in [0.25, 0.3) is 17.3 Å². The van der Waals surface area contributed by atoms with Gasteiger partial charge in [-0.15, -0.1) is 11.8 Å². The van der Waals surface area contributed by atoms with Gasteiger partial charge in [0.25, 0.3) is 0 Å². The van der Waals surface area contributed by atoms with Gasteiger partial charge in [0.1, 0.15) is 5.82 Å². The number of alkyl halides is 3. The summed E-state index contributed by atoms with van der Waals surface area (Å²) in [4.78, 5) is 4.92. The second kappa shape index (κ2) is 6.60. The molecule has 0 N–H and O–H groups in total. The van der Waals surface area contributed by atoms with Crippen molar-refractivity contribution in [2.45, 2.75) is 24.9 Å². The molecule has 118 valence electrons. The summed E-state index contributed by atoms with van der Waals surface area (Å²) in [5.74, 6) is 1.47. The normalized spacial score (nSPS) is 12.3. The number of allylic oxidation sites excluding steroid dienone is 1. The number of aromatic nitrogens is 2. The number of halogens is 3. The van der Waals surface area contributed by atoms with Crippen LogP contribution in [0.3, 0.4) is 0 Å². The number of hydrogen-bond acceptors (Lipinski definition) is 2. The summed E-state index contributed by atoms with van der Waals surface area (Å²) in [6.45, 7) is 3.81. The van der Waals surface area contributed by atoms with Crippen molar-refractivity contribution in [1.82, 2.24) is 9.55 Å². The fraction of sp³-hybridized carbons (Fsp3) is 0.312. The highest BCUT2D eigenvalue weighted by Gasteiger charge is 2.31. The first-order valence-corrected chi connectivity index (χ1v) is 7.85. The minimum absolute atomic E-state index is 0.618. The first-order valence-electron chi connectivity index (χ1n) is 6.87. The Bertz CT molecular complexity index is 687. The lowest BCUT2D eigenvalue weighted by molar-refractivity contribution is -0.137. The van der Waals surface area contributed by atoms with E-state index >= 15 is 0 Å². The van der Waals surface area contributed by atoms with Crippen LogP contribution in [-0.4, -0.2) is 15.3 Å². The fourth-order valence-corrected chi connectivity index (χ4v) is 3.01. The van der Waals surface area contributed by atoms with Gasteiger partial charge in [-0.2, -0.15) is 13.2 Å². The van der Waals surface area contributed by atoms with Crippen molar-refractivity contribution in [3.63, 3.8) is 0 Å². The monoisotopic (exact) mass is 326 g/mol. The topological polar surface area (TPSA) is 17.8 Å². The molecule has 6 heteroatoms. The maximum Gasteiger partial charge on any atom is 0.416 e. The maximum atomic E-state index is 12.9. The van der Waals surface area contributed by atoms with Crippen LogP contribution in [0.1, 0.15) is 25.2 Å². The van der Waals surface area contributed by atoms with Crippen LogP contribution in [0.2, 0.25) is 0 Å². The van der Waals surface area contributed by atoms with Gasteiger partial charge in [0.2, 0.25) is 0 Å². The largest absolute Gasteiger partial charge is 0.416 e. The summed E-state index contributed by atoms with van der Waals surface area (Å²) in [5, 5.41) is 0. The van der Waals surface area contributed by atoms with Crippen LogP contribution < -0.4 is 0 Å². The van der Waals surface area contributed by atoms with Crippen LogP contribution in [0, 0.1) is 0 Å². The van der Waals surface area contributed by atoms with Crippen molar-refractivity contribution < 1.29 is 13.2 Å². The van der Waals surface area contributed by atoms with E-state index in [1.54, 1.807) is 6.20 Å². The van der Waals surface area contributed by atoms with E-state index in [1.807, 2.05) is 37.6 Å². The molecule has 0 aliphatic rings. The Labute approximate surface area is 132 Å². The standard InChI is InChI=1S/C16H17F3N2S/c1-4-6-15-20-10-13(21(15)3)12-8-7-11(16(17,18)19)9-14(12)22-5-2/h4,6-10H,5H2,1-3H3/b6-4+. The van der Waals surface area contributed by atoms with Crippen molar-refractivity contribution >= 4 is 17.8 Å². The molecule has 1 aromatic heterocycles. The molecule has 0 aliphatic heterocycles. The van der Waals surface area contributed by atoms with Crippen LogP contribution in [0.5, 0.6) is 0 Å². The summed E-state index contributed by atoms with van der Waals surface area (Å²) >= 11 is 1.40. The second-order valence-corrected chi connectivity index (χ2v) is 6.01. The molecule has 0 aliphatic carbocycles. The predicted octanol–water partition coefficient (Wildman–Crippen LogP) is 5.25. The quantitative estimate of drug-likeness (QED) is 0.714. The van der Waals surface area contributed by atoms with E-state index in [0.717, 1.165) is 23.1 Å².